The molecule has 2 atom stereocenters. The number of Topliss-reactive ketones (excluding diaryl/α,β-unsaturated/α-hetero) is 1. The van der Waals surface area contributed by atoms with Crippen LogP contribution in [0.3, 0.4) is 0 Å². The molecular weight excluding hydrogens is 354 g/mol. The average Bonchev–Trinajstić information content (AvgIpc) is 3.09. The van der Waals surface area contributed by atoms with Crippen LogP contribution in [0.15, 0.2) is 48.5 Å². The number of esters is 1. The summed E-state index contributed by atoms with van der Waals surface area (Å²) >= 11 is 0. The Hall–Kier alpha value is -2.95. The number of aryl methyl sites for hydroxylation is 2. The van der Waals surface area contributed by atoms with E-state index in [2.05, 4.69) is 0 Å². The van der Waals surface area contributed by atoms with Crippen LogP contribution in [0, 0.1) is 19.8 Å². The van der Waals surface area contributed by atoms with Gasteiger partial charge in [-0.2, -0.15) is 0 Å². The molecule has 0 saturated carbocycles. The predicted octanol–water partition coefficient (Wildman–Crippen LogP) is 3.64. The summed E-state index contributed by atoms with van der Waals surface area (Å²) in [5, 5.41) is 0. The van der Waals surface area contributed by atoms with E-state index in [9.17, 15) is 14.4 Å². The second-order valence-corrected chi connectivity index (χ2v) is 7.38. The Labute approximate surface area is 165 Å². The van der Waals surface area contributed by atoms with Gasteiger partial charge in [0, 0.05) is 18.5 Å². The second-order valence-electron chi connectivity index (χ2n) is 7.38. The fraction of sp³-hybridized carbons (Fsp3) is 0.348. The summed E-state index contributed by atoms with van der Waals surface area (Å²) in [6.07, 6.45) is 0.119. The number of carbonyl (C=O) groups is 3. The van der Waals surface area contributed by atoms with Gasteiger partial charge in [-0.25, -0.2) is 0 Å². The molecule has 3 rings (SSSR count). The van der Waals surface area contributed by atoms with Crippen molar-refractivity contribution in [3.8, 4) is 0 Å². The molecule has 2 aromatic rings. The van der Waals surface area contributed by atoms with Crippen LogP contribution >= 0.6 is 0 Å². The van der Waals surface area contributed by atoms with Gasteiger partial charge in [0.05, 0.1) is 12.0 Å². The number of benzene rings is 2. The van der Waals surface area contributed by atoms with E-state index in [1.54, 1.807) is 11.0 Å². The first-order valence-corrected chi connectivity index (χ1v) is 9.48. The Balaban J connectivity index is 1.59. The van der Waals surface area contributed by atoms with E-state index in [-0.39, 0.29) is 30.8 Å². The molecule has 1 saturated heterocycles. The van der Waals surface area contributed by atoms with Gasteiger partial charge in [0.1, 0.15) is 0 Å². The fourth-order valence-corrected chi connectivity index (χ4v) is 3.54. The van der Waals surface area contributed by atoms with Crippen LogP contribution in [0.1, 0.15) is 46.4 Å². The van der Waals surface area contributed by atoms with Crippen LogP contribution in [-0.4, -0.2) is 35.7 Å². The lowest BCUT2D eigenvalue weighted by Gasteiger charge is -2.25. The topological polar surface area (TPSA) is 63.7 Å². The number of nitrogens with zero attached hydrogens (tertiary/aromatic N) is 1. The van der Waals surface area contributed by atoms with Gasteiger partial charge in [-0.3, -0.25) is 14.4 Å². The summed E-state index contributed by atoms with van der Waals surface area (Å²) in [6.45, 7) is 5.72. The maximum atomic E-state index is 12.4. The van der Waals surface area contributed by atoms with Crippen molar-refractivity contribution < 1.29 is 19.1 Å². The molecule has 5 nitrogen and oxygen atoms in total. The summed E-state index contributed by atoms with van der Waals surface area (Å²) in [6, 6.07) is 15.2. The molecule has 1 amide bonds. The summed E-state index contributed by atoms with van der Waals surface area (Å²) in [5.74, 6) is -1.33. The van der Waals surface area contributed by atoms with Crippen molar-refractivity contribution in [2.75, 3.05) is 13.2 Å². The highest BCUT2D eigenvalue weighted by Crippen LogP contribution is 2.29. The van der Waals surface area contributed by atoms with Crippen molar-refractivity contribution in [2.45, 2.75) is 33.2 Å². The standard InChI is InChI=1S/C23H25NO4/c1-15-9-10-16(2)20(11-15)21(25)14-28-23(27)19-12-22(26)24(13-19)17(3)18-7-5-4-6-8-18/h4-11,17,19H,12-14H2,1-3H3/t17-,19-/m0/s1. The summed E-state index contributed by atoms with van der Waals surface area (Å²) < 4.78 is 5.25. The highest BCUT2D eigenvalue weighted by atomic mass is 16.5. The minimum Gasteiger partial charge on any atom is -0.457 e. The van der Waals surface area contributed by atoms with E-state index >= 15 is 0 Å². The number of hydrogen-bond acceptors (Lipinski definition) is 4. The van der Waals surface area contributed by atoms with Gasteiger partial charge < -0.3 is 9.64 Å². The minimum atomic E-state index is -0.537. The van der Waals surface area contributed by atoms with Crippen molar-refractivity contribution >= 4 is 17.7 Å². The fourth-order valence-electron chi connectivity index (χ4n) is 3.54. The highest BCUT2D eigenvalue weighted by Gasteiger charge is 2.38. The summed E-state index contributed by atoms with van der Waals surface area (Å²) in [7, 11) is 0. The van der Waals surface area contributed by atoms with Gasteiger partial charge in [-0.15, -0.1) is 0 Å². The largest absolute Gasteiger partial charge is 0.457 e. The van der Waals surface area contributed by atoms with Crippen LogP contribution in [0.25, 0.3) is 0 Å². The third-order valence-corrected chi connectivity index (χ3v) is 5.28. The molecule has 0 unspecified atom stereocenters. The maximum absolute atomic E-state index is 12.4. The highest BCUT2D eigenvalue weighted by molar-refractivity contribution is 5.99. The molecule has 1 aliphatic heterocycles. The summed E-state index contributed by atoms with van der Waals surface area (Å²) in [4.78, 5) is 38.9. The molecule has 1 aliphatic rings. The van der Waals surface area contributed by atoms with E-state index in [1.807, 2.05) is 63.2 Å². The quantitative estimate of drug-likeness (QED) is 0.568. The van der Waals surface area contributed by atoms with E-state index in [0.29, 0.717) is 12.1 Å². The van der Waals surface area contributed by atoms with Gasteiger partial charge in [0.25, 0.3) is 0 Å². The van der Waals surface area contributed by atoms with Gasteiger partial charge >= 0.3 is 5.97 Å². The molecule has 0 bridgehead atoms. The zero-order valence-electron chi connectivity index (χ0n) is 16.5. The van der Waals surface area contributed by atoms with E-state index in [0.717, 1.165) is 16.7 Å². The molecule has 2 aromatic carbocycles. The molecule has 0 N–H and O–H groups in total. The number of likely N-dealkylation sites (tertiary alicyclic amines) is 1. The summed E-state index contributed by atoms with van der Waals surface area (Å²) in [5.41, 5.74) is 3.42. The van der Waals surface area contributed by atoms with Gasteiger partial charge in [0.15, 0.2) is 6.61 Å². The Morgan fingerprint density at radius 2 is 1.86 bits per heavy atom. The van der Waals surface area contributed by atoms with Crippen LogP contribution in [0.5, 0.6) is 0 Å². The number of carbonyl (C=O) groups excluding carboxylic acids is 3. The van der Waals surface area contributed by atoms with Crippen molar-refractivity contribution in [2.24, 2.45) is 5.92 Å². The maximum Gasteiger partial charge on any atom is 0.311 e. The molecule has 0 spiro atoms. The van der Waals surface area contributed by atoms with E-state index < -0.39 is 11.9 Å². The molecule has 0 aliphatic carbocycles. The Morgan fingerprint density at radius 1 is 1.14 bits per heavy atom. The zero-order chi connectivity index (χ0) is 20.3. The molecule has 0 aromatic heterocycles. The smallest absolute Gasteiger partial charge is 0.311 e. The molecule has 28 heavy (non-hydrogen) atoms. The van der Waals surface area contributed by atoms with Crippen LogP contribution in [-0.2, 0) is 14.3 Å². The Morgan fingerprint density at radius 3 is 2.57 bits per heavy atom. The van der Waals surface area contributed by atoms with Crippen molar-refractivity contribution in [3.05, 3.63) is 70.8 Å². The minimum absolute atomic E-state index is 0.0702. The van der Waals surface area contributed by atoms with Crippen LogP contribution in [0.4, 0.5) is 0 Å². The van der Waals surface area contributed by atoms with Crippen molar-refractivity contribution in [3.63, 3.8) is 0 Å². The third kappa shape index (κ3) is 4.30. The zero-order valence-corrected chi connectivity index (χ0v) is 16.5. The lowest BCUT2D eigenvalue weighted by molar-refractivity contribution is -0.147. The number of ether oxygens (including phenoxy) is 1. The van der Waals surface area contributed by atoms with Crippen molar-refractivity contribution in [1.82, 2.24) is 4.90 Å². The Kier molecular flexibility index (Phi) is 5.93. The predicted molar refractivity (Wildman–Crippen MR) is 106 cm³/mol. The normalized spacial score (nSPS) is 17.5. The Bertz CT molecular complexity index is 891. The SMILES string of the molecule is Cc1ccc(C)c(C(=O)COC(=O)[C@H]2CC(=O)N([C@@H](C)c3ccccc3)C2)c1. The molecule has 146 valence electrons. The third-order valence-electron chi connectivity index (χ3n) is 5.28. The monoisotopic (exact) mass is 379 g/mol. The first kappa shape index (κ1) is 19.8. The molecule has 0 radical (unpaired) electrons. The lowest BCUT2D eigenvalue weighted by Crippen LogP contribution is -2.30. The first-order valence-electron chi connectivity index (χ1n) is 9.48. The van der Waals surface area contributed by atoms with Crippen molar-refractivity contribution in [1.29, 1.82) is 0 Å². The van der Waals surface area contributed by atoms with Gasteiger partial charge in [-0.1, -0.05) is 48.0 Å². The van der Waals surface area contributed by atoms with E-state index in [4.69, 9.17) is 4.74 Å². The van der Waals surface area contributed by atoms with E-state index in [1.165, 1.54) is 0 Å². The lowest BCUT2D eigenvalue weighted by atomic mass is 10.0. The first-order chi connectivity index (χ1) is 13.4. The molecule has 5 heteroatoms. The number of amides is 1. The van der Waals surface area contributed by atoms with Crippen LogP contribution in [0.2, 0.25) is 0 Å². The number of rotatable bonds is 6. The number of hydrogen-bond donors (Lipinski definition) is 0. The second kappa shape index (κ2) is 8.38. The van der Waals surface area contributed by atoms with Gasteiger partial charge in [0.2, 0.25) is 11.7 Å². The molecule has 1 fully saturated rings. The molecular formula is C23H25NO4. The van der Waals surface area contributed by atoms with Gasteiger partial charge in [-0.05, 0) is 38.0 Å². The average molecular weight is 379 g/mol. The van der Waals surface area contributed by atoms with Crippen LogP contribution < -0.4 is 0 Å². The number of ketones is 1. The molecule has 1 heterocycles.